The average Bonchev–Trinajstić information content (AvgIpc) is 2.26. The van der Waals surface area contributed by atoms with E-state index in [0.717, 1.165) is 18.7 Å². The summed E-state index contributed by atoms with van der Waals surface area (Å²) >= 11 is 0. The molecule has 0 heterocycles. The molecule has 0 saturated heterocycles. The second-order valence-electron chi connectivity index (χ2n) is 6.55. The minimum atomic E-state index is -0.104. The van der Waals surface area contributed by atoms with Gasteiger partial charge in [-0.2, -0.15) is 0 Å². The molecule has 0 fully saturated rings. The van der Waals surface area contributed by atoms with Gasteiger partial charge in [0.2, 0.25) is 0 Å². The van der Waals surface area contributed by atoms with Crippen molar-refractivity contribution in [2.75, 3.05) is 0 Å². The van der Waals surface area contributed by atoms with Crippen molar-refractivity contribution in [3.63, 3.8) is 0 Å². The van der Waals surface area contributed by atoms with Crippen LogP contribution in [0.1, 0.15) is 46.6 Å². The van der Waals surface area contributed by atoms with Crippen molar-refractivity contribution in [2.24, 2.45) is 16.1 Å². The van der Waals surface area contributed by atoms with Crippen molar-refractivity contribution in [1.29, 1.82) is 0 Å². The highest BCUT2D eigenvalue weighted by Crippen LogP contribution is 2.21. The molecule has 2 heteroatoms. The SMILES string of the molecule is CC(C)(CCc1ccccc1)N=C(N)C(C)(C)C. The van der Waals surface area contributed by atoms with Crippen molar-refractivity contribution in [3.05, 3.63) is 35.9 Å². The van der Waals surface area contributed by atoms with Gasteiger partial charge in [0.1, 0.15) is 0 Å². The Morgan fingerprint density at radius 2 is 1.61 bits per heavy atom. The number of benzene rings is 1. The Kier molecular flexibility index (Phi) is 4.55. The van der Waals surface area contributed by atoms with E-state index in [2.05, 4.69) is 63.9 Å². The minimum Gasteiger partial charge on any atom is -0.387 e. The first-order chi connectivity index (χ1) is 8.21. The average molecular weight is 246 g/mol. The Morgan fingerprint density at radius 1 is 1.06 bits per heavy atom. The summed E-state index contributed by atoms with van der Waals surface area (Å²) in [7, 11) is 0. The van der Waals surface area contributed by atoms with E-state index >= 15 is 0 Å². The van der Waals surface area contributed by atoms with Crippen LogP contribution in [0.5, 0.6) is 0 Å². The number of nitrogens with two attached hydrogens (primary N) is 1. The fourth-order valence-electron chi connectivity index (χ4n) is 1.64. The topological polar surface area (TPSA) is 38.4 Å². The molecule has 0 aromatic heterocycles. The van der Waals surface area contributed by atoms with Gasteiger partial charge in [-0.1, -0.05) is 51.1 Å². The molecular formula is C16H26N2. The molecule has 0 aliphatic rings. The summed E-state index contributed by atoms with van der Waals surface area (Å²) in [6.45, 7) is 10.6. The highest BCUT2D eigenvalue weighted by molar-refractivity contribution is 5.85. The second-order valence-corrected chi connectivity index (χ2v) is 6.55. The summed E-state index contributed by atoms with van der Waals surface area (Å²) in [6.07, 6.45) is 2.04. The van der Waals surface area contributed by atoms with Crippen LogP contribution in [0.3, 0.4) is 0 Å². The fourth-order valence-corrected chi connectivity index (χ4v) is 1.64. The lowest BCUT2D eigenvalue weighted by Gasteiger charge is -2.25. The third-order valence-electron chi connectivity index (χ3n) is 3.06. The molecule has 0 bridgehead atoms. The molecule has 0 amide bonds. The fraction of sp³-hybridized carbons (Fsp3) is 0.562. The molecule has 0 aliphatic carbocycles. The van der Waals surface area contributed by atoms with Gasteiger partial charge in [-0.05, 0) is 32.3 Å². The predicted molar refractivity (Wildman–Crippen MR) is 79.9 cm³/mol. The maximum Gasteiger partial charge on any atom is 0.0997 e. The van der Waals surface area contributed by atoms with Crippen molar-refractivity contribution >= 4 is 5.84 Å². The molecular weight excluding hydrogens is 220 g/mol. The van der Waals surface area contributed by atoms with E-state index in [9.17, 15) is 0 Å². The maximum atomic E-state index is 6.06. The smallest absolute Gasteiger partial charge is 0.0997 e. The summed E-state index contributed by atoms with van der Waals surface area (Å²) in [5.41, 5.74) is 7.26. The second kappa shape index (κ2) is 5.55. The monoisotopic (exact) mass is 246 g/mol. The normalized spacial score (nSPS) is 13.7. The van der Waals surface area contributed by atoms with E-state index in [0.29, 0.717) is 0 Å². The Morgan fingerprint density at radius 3 is 2.11 bits per heavy atom. The van der Waals surface area contributed by atoms with Crippen LogP contribution < -0.4 is 5.73 Å². The number of rotatable bonds is 4. The van der Waals surface area contributed by atoms with E-state index < -0.39 is 0 Å². The summed E-state index contributed by atoms with van der Waals surface area (Å²) in [5.74, 6) is 0.737. The Hall–Kier alpha value is -1.31. The van der Waals surface area contributed by atoms with E-state index in [-0.39, 0.29) is 11.0 Å². The van der Waals surface area contributed by atoms with E-state index in [1.807, 2.05) is 6.07 Å². The van der Waals surface area contributed by atoms with E-state index in [1.165, 1.54) is 5.56 Å². The van der Waals surface area contributed by atoms with Gasteiger partial charge in [0.05, 0.1) is 11.4 Å². The Bertz CT molecular complexity index is 397. The third-order valence-corrected chi connectivity index (χ3v) is 3.06. The van der Waals surface area contributed by atoms with E-state index in [1.54, 1.807) is 0 Å². The lowest BCUT2D eigenvalue weighted by molar-refractivity contribution is 0.465. The number of aryl methyl sites for hydroxylation is 1. The van der Waals surface area contributed by atoms with Gasteiger partial charge < -0.3 is 5.73 Å². The molecule has 0 saturated carbocycles. The van der Waals surface area contributed by atoms with Gasteiger partial charge in [0.15, 0.2) is 0 Å². The summed E-state index contributed by atoms with van der Waals surface area (Å²) in [4.78, 5) is 4.69. The summed E-state index contributed by atoms with van der Waals surface area (Å²) in [6, 6.07) is 10.5. The molecule has 0 unspecified atom stereocenters. The molecule has 0 aliphatic heterocycles. The van der Waals surface area contributed by atoms with Crippen LogP contribution in [0.4, 0.5) is 0 Å². The van der Waals surface area contributed by atoms with Gasteiger partial charge in [0, 0.05) is 5.41 Å². The minimum absolute atomic E-state index is 0.0516. The summed E-state index contributed by atoms with van der Waals surface area (Å²) in [5, 5.41) is 0. The molecule has 0 radical (unpaired) electrons. The Labute approximate surface area is 111 Å². The standard InChI is InChI=1S/C16H26N2/c1-15(2,3)14(17)18-16(4,5)12-11-13-9-7-6-8-10-13/h6-10H,11-12H2,1-5H3,(H2,17,18). The van der Waals surface area contributed by atoms with Gasteiger partial charge in [-0.15, -0.1) is 0 Å². The molecule has 100 valence electrons. The van der Waals surface area contributed by atoms with Crippen LogP contribution in [-0.2, 0) is 6.42 Å². The molecule has 2 N–H and O–H groups in total. The quantitative estimate of drug-likeness (QED) is 0.637. The number of hydrogen-bond donors (Lipinski definition) is 1. The maximum absolute atomic E-state index is 6.06. The molecule has 0 spiro atoms. The van der Waals surface area contributed by atoms with Gasteiger partial charge >= 0.3 is 0 Å². The van der Waals surface area contributed by atoms with Gasteiger partial charge in [-0.25, -0.2) is 0 Å². The highest BCUT2D eigenvalue weighted by Gasteiger charge is 2.22. The molecule has 1 rings (SSSR count). The van der Waals surface area contributed by atoms with Crippen LogP contribution in [0.25, 0.3) is 0 Å². The zero-order valence-electron chi connectivity index (χ0n) is 12.3. The van der Waals surface area contributed by atoms with Crippen molar-refractivity contribution < 1.29 is 0 Å². The largest absolute Gasteiger partial charge is 0.387 e. The van der Waals surface area contributed by atoms with Crippen LogP contribution in [-0.4, -0.2) is 11.4 Å². The van der Waals surface area contributed by atoms with Crippen LogP contribution in [0, 0.1) is 5.41 Å². The number of amidine groups is 1. The lowest BCUT2D eigenvalue weighted by Crippen LogP contribution is -2.33. The molecule has 1 aromatic rings. The van der Waals surface area contributed by atoms with Crippen LogP contribution >= 0.6 is 0 Å². The van der Waals surface area contributed by atoms with Crippen molar-refractivity contribution in [2.45, 2.75) is 53.0 Å². The van der Waals surface area contributed by atoms with Crippen LogP contribution in [0.2, 0.25) is 0 Å². The van der Waals surface area contributed by atoms with E-state index in [4.69, 9.17) is 5.73 Å². The zero-order chi connectivity index (χ0) is 13.8. The predicted octanol–water partition coefficient (Wildman–Crippen LogP) is 3.80. The Balaban J connectivity index is 2.66. The summed E-state index contributed by atoms with van der Waals surface area (Å²) < 4.78 is 0. The first-order valence-corrected chi connectivity index (χ1v) is 6.60. The molecule has 2 nitrogen and oxygen atoms in total. The first kappa shape index (κ1) is 14.7. The number of nitrogens with zero attached hydrogens (tertiary/aromatic N) is 1. The highest BCUT2D eigenvalue weighted by atomic mass is 14.9. The molecule has 0 atom stereocenters. The molecule has 1 aromatic carbocycles. The van der Waals surface area contributed by atoms with Crippen molar-refractivity contribution in [3.8, 4) is 0 Å². The zero-order valence-corrected chi connectivity index (χ0v) is 12.3. The lowest BCUT2D eigenvalue weighted by atomic mass is 9.92. The number of aliphatic imine (C=N–C) groups is 1. The first-order valence-electron chi connectivity index (χ1n) is 6.60. The molecule has 18 heavy (non-hydrogen) atoms. The van der Waals surface area contributed by atoms with Gasteiger partial charge in [-0.3, -0.25) is 4.99 Å². The van der Waals surface area contributed by atoms with Crippen molar-refractivity contribution in [1.82, 2.24) is 0 Å². The van der Waals surface area contributed by atoms with Gasteiger partial charge in [0.25, 0.3) is 0 Å². The third kappa shape index (κ3) is 4.91. The number of hydrogen-bond acceptors (Lipinski definition) is 1. The van der Waals surface area contributed by atoms with Crippen LogP contribution in [0.15, 0.2) is 35.3 Å².